The minimum atomic E-state index is 0.183. The van der Waals surface area contributed by atoms with Crippen molar-refractivity contribution in [2.75, 3.05) is 11.9 Å². The van der Waals surface area contributed by atoms with Crippen LogP contribution in [0, 0.1) is 5.41 Å². The van der Waals surface area contributed by atoms with E-state index in [1.165, 1.54) is 25.7 Å². The fourth-order valence-corrected chi connectivity index (χ4v) is 2.74. The number of nitrogens with zero attached hydrogens (tertiary/aromatic N) is 1. The summed E-state index contributed by atoms with van der Waals surface area (Å²) in [6.07, 6.45) is 5.33. The lowest BCUT2D eigenvalue weighted by atomic mass is 9.89. The molecular weight excluding hydrogens is 262 g/mol. The first-order valence-corrected chi connectivity index (χ1v) is 7.81. The van der Waals surface area contributed by atoms with Gasteiger partial charge in [-0.2, -0.15) is 0 Å². The predicted molar refractivity (Wildman–Crippen MR) is 88.9 cm³/mol. The van der Waals surface area contributed by atoms with Gasteiger partial charge in [-0.15, -0.1) is 0 Å². The molecule has 0 saturated heterocycles. The third-order valence-electron chi connectivity index (χ3n) is 3.94. The molecule has 1 aliphatic carbocycles. The van der Waals surface area contributed by atoms with E-state index in [9.17, 15) is 0 Å². The van der Waals surface area contributed by atoms with Gasteiger partial charge in [0.2, 0.25) is 0 Å². The van der Waals surface area contributed by atoms with E-state index in [1.807, 2.05) is 38.1 Å². The fraction of sp³-hybridized carbons (Fsp3) is 0.588. The first kappa shape index (κ1) is 15.7. The number of guanidine groups is 1. The Bertz CT molecular complexity index is 473. The summed E-state index contributed by atoms with van der Waals surface area (Å²) in [6.45, 7) is 7.13. The van der Waals surface area contributed by atoms with E-state index in [1.54, 1.807) is 0 Å². The van der Waals surface area contributed by atoms with E-state index < -0.39 is 0 Å². The number of nitrogens with one attached hydrogen (secondary N) is 1. The first-order chi connectivity index (χ1) is 9.97. The van der Waals surface area contributed by atoms with Crippen LogP contribution in [0.25, 0.3) is 0 Å². The second-order valence-electron chi connectivity index (χ2n) is 6.54. The lowest BCUT2D eigenvalue weighted by Crippen LogP contribution is -2.25. The molecule has 2 rings (SSSR count). The van der Waals surface area contributed by atoms with Crippen molar-refractivity contribution in [1.29, 1.82) is 0 Å². The van der Waals surface area contributed by atoms with Gasteiger partial charge in [0.15, 0.2) is 5.96 Å². The molecule has 0 aromatic heterocycles. The fourth-order valence-electron chi connectivity index (χ4n) is 2.74. The van der Waals surface area contributed by atoms with E-state index in [0.29, 0.717) is 11.4 Å². The third-order valence-corrected chi connectivity index (χ3v) is 3.94. The summed E-state index contributed by atoms with van der Waals surface area (Å²) in [4.78, 5) is 4.50. The molecule has 1 fully saturated rings. The maximum atomic E-state index is 5.97. The Morgan fingerprint density at radius 3 is 2.48 bits per heavy atom. The first-order valence-electron chi connectivity index (χ1n) is 7.81. The molecule has 1 aromatic rings. The van der Waals surface area contributed by atoms with Crippen LogP contribution < -0.4 is 15.8 Å². The van der Waals surface area contributed by atoms with Crippen molar-refractivity contribution in [3.63, 3.8) is 0 Å². The smallest absolute Gasteiger partial charge is 0.193 e. The molecule has 21 heavy (non-hydrogen) atoms. The molecule has 0 bridgehead atoms. The maximum Gasteiger partial charge on any atom is 0.193 e. The minimum absolute atomic E-state index is 0.183. The minimum Gasteiger partial charge on any atom is -0.491 e. The Morgan fingerprint density at radius 1 is 1.29 bits per heavy atom. The zero-order chi connectivity index (χ0) is 15.3. The number of ether oxygens (including phenoxy) is 1. The highest BCUT2D eigenvalue weighted by atomic mass is 16.5. The zero-order valence-corrected chi connectivity index (χ0v) is 13.4. The van der Waals surface area contributed by atoms with Crippen molar-refractivity contribution in [3.05, 3.63) is 24.3 Å². The van der Waals surface area contributed by atoms with Gasteiger partial charge in [-0.25, -0.2) is 0 Å². The van der Waals surface area contributed by atoms with Crippen molar-refractivity contribution in [2.45, 2.75) is 52.6 Å². The van der Waals surface area contributed by atoms with Gasteiger partial charge in [-0.05, 0) is 56.4 Å². The van der Waals surface area contributed by atoms with Crippen LogP contribution in [0.4, 0.5) is 5.69 Å². The molecule has 116 valence electrons. The summed E-state index contributed by atoms with van der Waals surface area (Å²) < 4.78 is 5.61. The molecule has 1 aliphatic rings. The van der Waals surface area contributed by atoms with Crippen LogP contribution in [0.1, 0.15) is 46.5 Å². The van der Waals surface area contributed by atoms with Crippen LogP contribution in [0.2, 0.25) is 0 Å². The van der Waals surface area contributed by atoms with Gasteiger partial charge in [0.05, 0.1) is 6.10 Å². The molecule has 0 amide bonds. The normalized spacial score (nSPS) is 18.0. The maximum absolute atomic E-state index is 5.97. The van der Waals surface area contributed by atoms with Crippen molar-refractivity contribution in [3.8, 4) is 5.75 Å². The Hall–Kier alpha value is -1.71. The van der Waals surface area contributed by atoms with Crippen molar-refractivity contribution in [1.82, 2.24) is 0 Å². The van der Waals surface area contributed by atoms with Crippen LogP contribution >= 0.6 is 0 Å². The molecule has 1 saturated carbocycles. The average Bonchev–Trinajstić information content (AvgIpc) is 2.86. The van der Waals surface area contributed by atoms with Gasteiger partial charge in [0.1, 0.15) is 5.75 Å². The molecule has 4 nitrogen and oxygen atoms in total. The summed E-state index contributed by atoms with van der Waals surface area (Å²) in [6, 6.07) is 7.79. The van der Waals surface area contributed by atoms with Crippen molar-refractivity contribution in [2.24, 2.45) is 16.1 Å². The monoisotopic (exact) mass is 289 g/mol. The number of benzene rings is 1. The van der Waals surface area contributed by atoms with Crippen molar-refractivity contribution < 1.29 is 4.74 Å². The highest BCUT2D eigenvalue weighted by Crippen LogP contribution is 2.37. The summed E-state index contributed by atoms with van der Waals surface area (Å²) in [5.74, 6) is 1.35. The topological polar surface area (TPSA) is 59.6 Å². The SMILES string of the molecule is CC(C)Oc1ccc(NC(N)=NCC2(C)CCCC2)cc1. The van der Waals surface area contributed by atoms with E-state index in [4.69, 9.17) is 10.5 Å². The molecule has 4 heteroatoms. The van der Waals surface area contributed by atoms with E-state index in [2.05, 4.69) is 17.2 Å². The van der Waals surface area contributed by atoms with Gasteiger partial charge in [0.25, 0.3) is 0 Å². The number of hydrogen-bond donors (Lipinski definition) is 2. The van der Waals surface area contributed by atoms with E-state index in [0.717, 1.165) is 18.0 Å². The van der Waals surface area contributed by atoms with Gasteiger partial charge in [-0.3, -0.25) is 4.99 Å². The van der Waals surface area contributed by atoms with Gasteiger partial charge in [0, 0.05) is 12.2 Å². The highest BCUT2D eigenvalue weighted by molar-refractivity contribution is 5.92. The van der Waals surface area contributed by atoms with Crippen LogP contribution in [0.15, 0.2) is 29.3 Å². The molecule has 0 radical (unpaired) electrons. The lowest BCUT2D eigenvalue weighted by Gasteiger charge is -2.20. The van der Waals surface area contributed by atoms with Crippen LogP contribution in [-0.2, 0) is 0 Å². The molecule has 0 aliphatic heterocycles. The number of anilines is 1. The van der Waals surface area contributed by atoms with Crippen LogP contribution in [0.3, 0.4) is 0 Å². The predicted octanol–water partition coefficient (Wildman–Crippen LogP) is 3.78. The molecule has 3 N–H and O–H groups in total. The molecule has 0 unspecified atom stereocenters. The Balaban J connectivity index is 1.88. The van der Waals surface area contributed by atoms with E-state index in [-0.39, 0.29) is 6.10 Å². The van der Waals surface area contributed by atoms with Crippen molar-refractivity contribution >= 4 is 11.6 Å². The molecular formula is C17H27N3O. The molecule has 1 aromatic carbocycles. The third kappa shape index (κ3) is 4.96. The number of rotatable bonds is 5. The summed E-state index contributed by atoms with van der Waals surface area (Å²) in [5.41, 5.74) is 7.24. The quantitative estimate of drug-likeness (QED) is 0.640. The molecule has 0 heterocycles. The summed E-state index contributed by atoms with van der Waals surface area (Å²) in [5, 5.41) is 3.14. The second kappa shape index (κ2) is 6.83. The second-order valence-corrected chi connectivity index (χ2v) is 6.54. The highest BCUT2D eigenvalue weighted by Gasteiger charge is 2.28. The van der Waals surface area contributed by atoms with Gasteiger partial charge in [-0.1, -0.05) is 19.8 Å². The number of nitrogens with two attached hydrogens (primary N) is 1. The largest absolute Gasteiger partial charge is 0.491 e. The molecule has 0 atom stereocenters. The van der Waals surface area contributed by atoms with Crippen LogP contribution in [0.5, 0.6) is 5.75 Å². The Kier molecular flexibility index (Phi) is 5.10. The van der Waals surface area contributed by atoms with Gasteiger partial charge < -0.3 is 15.8 Å². The summed E-state index contributed by atoms with van der Waals surface area (Å²) in [7, 11) is 0. The van der Waals surface area contributed by atoms with Crippen LogP contribution in [-0.4, -0.2) is 18.6 Å². The standard InChI is InChI=1S/C17H27N3O/c1-13(2)21-15-8-6-14(7-9-15)20-16(18)19-12-17(3)10-4-5-11-17/h6-9,13H,4-5,10-12H2,1-3H3,(H3,18,19,20). The Morgan fingerprint density at radius 2 is 1.90 bits per heavy atom. The van der Waals surface area contributed by atoms with Gasteiger partial charge >= 0.3 is 0 Å². The lowest BCUT2D eigenvalue weighted by molar-refractivity contribution is 0.242. The number of aliphatic imine (C=N–C) groups is 1. The molecule has 0 spiro atoms. The summed E-state index contributed by atoms with van der Waals surface area (Å²) >= 11 is 0. The Labute approximate surface area is 127 Å². The number of hydrogen-bond acceptors (Lipinski definition) is 2. The average molecular weight is 289 g/mol. The zero-order valence-electron chi connectivity index (χ0n) is 13.4. The van der Waals surface area contributed by atoms with E-state index >= 15 is 0 Å².